The topological polar surface area (TPSA) is 41.1 Å². The second-order valence-electron chi connectivity index (χ2n) is 4.01. The molecular formula is C12H16N4S. The van der Waals surface area contributed by atoms with E-state index in [2.05, 4.69) is 15.4 Å². The van der Waals surface area contributed by atoms with Gasteiger partial charge in [0.05, 0.1) is 17.1 Å². The maximum atomic E-state index is 4.49. The molecular weight excluding hydrogens is 232 g/mol. The van der Waals surface area contributed by atoms with Crippen LogP contribution in [0.3, 0.4) is 0 Å². The zero-order valence-corrected chi connectivity index (χ0v) is 11.1. The molecule has 0 atom stereocenters. The molecule has 0 saturated heterocycles. The Morgan fingerprint density at radius 1 is 1.35 bits per heavy atom. The molecule has 0 fully saturated rings. The van der Waals surface area contributed by atoms with Crippen molar-refractivity contribution < 1.29 is 0 Å². The summed E-state index contributed by atoms with van der Waals surface area (Å²) in [5.41, 5.74) is 5.23. The highest BCUT2D eigenvalue weighted by atomic mass is 32.1. The van der Waals surface area contributed by atoms with Crippen LogP contribution in [0.5, 0.6) is 0 Å². The Labute approximate surface area is 105 Å². The predicted molar refractivity (Wildman–Crippen MR) is 70.6 cm³/mol. The van der Waals surface area contributed by atoms with Crippen LogP contribution in [-0.2, 0) is 6.54 Å². The minimum absolute atomic E-state index is 0.753. The van der Waals surface area contributed by atoms with Crippen molar-refractivity contribution in [1.82, 2.24) is 20.4 Å². The first-order chi connectivity index (χ1) is 8.15. The van der Waals surface area contributed by atoms with Crippen LogP contribution >= 0.6 is 11.3 Å². The molecule has 0 amide bonds. The molecule has 0 aromatic carbocycles. The average molecular weight is 248 g/mol. The third-order valence-corrected chi connectivity index (χ3v) is 3.26. The number of aryl methyl sites for hydroxylation is 1. The number of aromatic nitrogens is 2. The summed E-state index contributed by atoms with van der Waals surface area (Å²) >= 11 is 1.67. The van der Waals surface area contributed by atoms with Gasteiger partial charge in [0.2, 0.25) is 0 Å². The zero-order chi connectivity index (χ0) is 12.3. The van der Waals surface area contributed by atoms with Crippen molar-refractivity contribution in [1.29, 1.82) is 0 Å². The highest BCUT2D eigenvalue weighted by Gasteiger charge is 2.05. The lowest BCUT2D eigenvalue weighted by Crippen LogP contribution is -2.29. The van der Waals surface area contributed by atoms with Gasteiger partial charge < -0.3 is 0 Å². The fourth-order valence-electron chi connectivity index (χ4n) is 1.42. The summed E-state index contributed by atoms with van der Waals surface area (Å²) in [6.45, 7) is 2.75. The van der Waals surface area contributed by atoms with E-state index in [0.717, 1.165) is 27.8 Å². The lowest BCUT2D eigenvalue weighted by Gasteiger charge is -2.09. The normalized spacial score (nSPS) is 11.1. The summed E-state index contributed by atoms with van der Waals surface area (Å²) in [6.07, 6.45) is 1.89. The fourth-order valence-corrected chi connectivity index (χ4v) is 2.24. The molecule has 2 heterocycles. The Hall–Kier alpha value is -1.30. The number of hydrazine groups is 1. The van der Waals surface area contributed by atoms with Crippen LogP contribution in [0.15, 0.2) is 24.4 Å². The van der Waals surface area contributed by atoms with E-state index >= 15 is 0 Å². The molecule has 4 nitrogen and oxygen atoms in total. The van der Waals surface area contributed by atoms with Gasteiger partial charge in [-0.15, -0.1) is 11.3 Å². The highest BCUT2D eigenvalue weighted by Crippen LogP contribution is 2.24. The number of nitrogens with zero attached hydrogens (tertiary/aromatic N) is 3. The molecule has 90 valence electrons. The van der Waals surface area contributed by atoms with Crippen molar-refractivity contribution in [2.45, 2.75) is 13.5 Å². The molecule has 0 unspecified atom stereocenters. The third-order valence-electron chi connectivity index (χ3n) is 2.24. The van der Waals surface area contributed by atoms with Crippen LogP contribution in [0.4, 0.5) is 0 Å². The van der Waals surface area contributed by atoms with Crippen molar-refractivity contribution in [3.05, 3.63) is 35.1 Å². The molecule has 2 aromatic heterocycles. The molecule has 0 saturated carbocycles. The van der Waals surface area contributed by atoms with Crippen molar-refractivity contribution in [3.8, 4) is 10.6 Å². The van der Waals surface area contributed by atoms with E-state index in [-0.39, 0.29) is 0 Å². The third kappa shape index (κ3) is 3.33. The van der Waals surface area contributed by atoms with Gasteiger partial charge in [-0.3, -0.25) is 9.99 Å². The van der Waals surface area contributed by atoms with E-state index in [1.807, 2.05) is 50.4 Å². The number of rotatable bonds is 4. The van der Waals surface area contributed by atoms with Gasteiger partial charge in [0, 0.05) is 26.0 Å². The van der Waals surface area contributed by atoms with Gasteiger partial charge in [-0.2, -0.15) is 0 Å². The van der Waals surface area contributed by atoms with Crippen LogP contribution in [0.2, 0.25) is 0 Å². The van der Waals surface area contributed by atoms with Crippen LogP contribution in [0.1, 0.15) is 10.7 Å². The van der Waals surface area contributed by atoms with Crippen molar-refractivity contribution in [3.63, 3.8) is 0 Å². The summed E-state index contributed by atoms with van der Waals surface area (Å²) in [5.74, 6) is 0. The minimum atomic E-state index is 0.753. The Bertz CT molecular complexity index is 493. The first kappa shape index (κ1) is 12.2. The molecule has 17 heavy (non-hydrogen) atoms. The summed E-state index contributed by atoms with van der Waals surface area (Å²) in [6, 6.07) is 6.04. The van der Waals surface area contributed by atoms with E-state index in [0.29, 0.717) is 0 Å². The van der Waals surface area contributed by atoms with Gasteiger partial charge in [-0.05, 0) is 19.1 Å². The Kier molecular flexibility index (Phi) is 3.83. The first-order valence-electron chi connectivity index (χ1n) is 5.45. The second kappa shape index (κ2) is 5.35. The summed E-state index contributed by atoms with van der Waals surface area (Å²) in [4.78, 5) is 9.99. The Balaban J connectivity index is 2.12. The lowest BCUT2D eigenvalue weighted by molar-refractivity contribution is 0.286. The second-order valence-corrected chi connectivity index (χ2v) is 5.13. The molecule has 2 rings (SSSR count). The molecule has 0 bridgehead atoms. The number of pyridine rings is 1. The SMILES string of the molecule is Cc1cccc(-c2cnc(CNN(C)C)s2)n1. The van der Waals surface area contributed by atoms with Crippen LogP contribution in [0.25, 0.3) is 10.6 Å². The van der Waals surface area contributed by atoms with Gasteiger partial charge in [-0.25, -0.2) is 10.4 Å². The fraction of sp³-hybridized carbons (Fsp3) is 0.333. The maximum absolute atomic E-state index is 4.49. The minimum Gasteiger partial charge on any atom is -0.252 e. The number of hydrogen-bond acceptors (Lipinski definition) is 5. The van der Waals surface area contributed by atoms with Crippen LogP contribution in [0, 0.1) is 6.92 Å². The van der Waals surface area contributed by atoms with Gasteiger partial charge in [-0.1, -0.05) is 6.07 Å². The Morgan fingerprint density at radius 3 is 2.88 bits per heavy atom. The standard InChI is InChI=1S/C12H16N4S/c1-9-5-4-6-10(15-9)11-7-13-12(17-11)8-14-16(2)3/h4-7,14H,8H2,1-3H3. The molecule has 0 aliphatic heterocycles. The van der Waals surface area contributed by atoms with Gasteiger partial charge in [0.1, 0.15) is 5.01 Å². The maximum Gasteiger partial charge on any atom is 0.108 e. The van der Waals surface area contributed by atoms with Crippen LogP contribution < -0.4 is 5.43 Å². The largest absolute Gasteiger partial charge is 0.252 e. The van der Waals surface area contributed by atoms with E-state index in [4.69, 9.17) is 0 Å². The van der Waals surface area contributed by atoms with E-state index in [1.54, 1.807) is 11.3 Å². The predicted octanol–water partition coefficient (Wildman–Crippen LogP) is 2.08. The highest BCUT2D eigenvalue weighted by molar-refractivity contribution is 7.15. The summed E-state index contributed by atoms with van der Waals surface area (Å²) in [7, 11) is 3.94. The average Bonchev–Trinajstić information content (AvgIpc) is 2.75. The van der Waals surface area contributed by atoms with Gasteiger partial charge >= 0.3 is 0 Å². The summed E-state index contributed by atoms with van der Waals surface area (Å²) < 4.78 is 0. The molecule has 0 spiro atoms. The molecule has 0 radical (unpaired) electrons. The van der Waals surface area contributed by atoms with Crippen molar-refractivity contribution in [2.24, 2.45) is 0 Å². The van der Waals surface area contributed by atoms with E-state index in [1.165, 1.54) is 0 Å². The van der Waals surface area contributed by atoms with Crippen LogP contribution in [-0.4, -0.2) is 29.1 Å². The summed E-state index contributed by atoms with van der Waals surface area (Å²) in [5, 5.41) is 2.99. The molecule has 0 aliphatic rings. The lowest BCUT2D eigenvalue weighted by atomic mass is 10.3. The monoisotopic (exact) mass is 248 g/mol. The number of hydrogen-bond donors (Lipinski definition) is 1. The van der Waals surface area contributed by atoms with Crippen molar-refractivity contribution >= 4 is 11.3 Å². The van der Waals surface area contributed by atoms with Crippen molar-refractivity contribution in [2.75, 3.05) is 14.1 Å². The molecule has 5 heteroatoms. The molecule has 2 aromatic rings. The van der Waals surface area contributed by atoms with E-state index in [9.17, 15) is 0 Å². The number of nitrogens with one attached hydrogen (secondary N) is 1. The molecule has 1 N–H and O–H groups in total. The van der Waals surface area contributed by atoms with Gasteiger partial charge in [0.15, 0.2) is 0 Å². The quantitative estimate of drug-likeness (QED) is 0.841. The molecule has 0 aliphatic carbocycles. The van der Waals surface area contributed by atoms with E-state index < -0.39 is 0 Å². The number of thiazole rings is 1. The smallest absolute Gasteiger partial charge is 0.108 e. The first-order valence-corrected chi connectivity index (χ1v) is 6.26. The zero-order valence-electron chi connectivity index (χ0n) is 10.3. The Morgan fingerprint density at radius 2 is 2.18 bits per heavy atom. The van der Waals surface area contributed by atoms with Gasteiger partial charge in [0.25, 0.3) is 0 Å².